The lowest BCUT2D eigenvalue weighted by Crippen LogP contribution is -2.37. The van der Waals surface area contributed by atoms with E-state index in [0.29, 0.717) is 38.3 Å². The monoisotopic (exact) mass is 564 g/mol. The third kappa shape index (κ3) is 5.15. The van der Waals surface area contributed by atoms with E-state index in [1.54, 1.807) is 35.6 Å². The van der Waals surface area contributed by atoms with Gasteiger partial charge < -0.3 is 5.73 Å². The van der Waals surface area contributed by atoms with E-state index in [-0.39, 0.29) is 23.7 Å². The quantitative estimate of drug-likeness (QED) is 0.467. The number of anilines is 1. The summed E-state index contributed by atoms with van der Waals surface area (Å²) >= 11 is 8.09. The number of fused-ring (bicyclic) bond motifs is 2. The van der Waals surface area contributed by atoms with Gasteiger partial charge in [0.25, 0.3) is 0 Å². The Kier molecular flexibility index (Phi) is 6.63. The Morgan fingerprint density at radius 1 is 1.22 bits per heavy atom. The molecule has 0 saturated carbocycles. The van der Waals surface area contributed by atoms with Gasteiger partial charge in [0.2, 0.25) is 10.0 Å². The van der Waals surface area contributed by atoms with Gasteiger partial charge in [-0.15, -0.1) is 0 Å². The average Bonchev–Trinajstić information content (AvgIpc) is 3.30. The minimum Gasteiger partial charge on any atom is -0.322 e. The Morgan fingerprint density at radius 2 is 1.92 bits per heavy atom. The van der Waals surface area contributed by atoms with Crippen molar-refractivity contribution in [1.29, 1.82) is 0 Å². The first-order valence-corrected chi connectivity index (χ1v) is 14.4. The maximum absolute atomic E-state index is 13.8. The van der Waals surface area contributed by atoms with Crippen LogP contribution in [0.2, 0.25) is 5.02 Å². The number of hydrogen-bond acceptors (Lipinski definition) is 7. The van der Waals surface area contributed by atoms with Crippen molar-refractivity contribution < 1.29 is 17.2 Å². The molecule has 3 heterocycles. The minimum atomic E-state index is -3.62. The molecular formula is C24H23ClF2N6O2S2. The van der Waals surface area contributed by atoms with Gasteiger partial charge in [0.1, 0.15) is 11.6 Å². The summed E-state index contributed by atoms with van der Waals surface area (Å²) in [4.78, 5) is 9.47. The van der Waals surface area contributed by atoms with Crippen LogP contribution < -0.4 is 10.5 Å². The highest BCUT2D eigenvalue weighted by Crippen LogP contribution is 2.40. The molecule has 8 nitrogen and oxygen atoms in total. The number of thioether (sulfide) groups is 1. The van der Waals surface area contributed by atoms with Gasteiger partial charge >= 0.3 is 0 Å². The van der Waals surface area contributed by atoms with Crippen molar-refractivity contribution in [2.24, 2.45) is 22.8 Å². The smallest absolute Gasteiger partial charge is 0.231 e. The van der Waals surface area contributed by atoms with Gasteiger partial charge in [0.05, 0.1) is 44.2 Å². The summed E-state index contributed by atoms with van der Waals surface area (Å²) in [7, 11) is -1.93. The van der Waals surface area contributed by atoms with Crippen molar-refractivity contribution in [2.45, 2.75) is 30.8 Å². The third-order valence-electron chi connectivity index (χ3n) is 6.03. The number of hydrogen-bond donors (Lipinski definition) is 2. The maximum atomic E-state index is 13.8. The molecule has 0 aliphatic carbocycles. The molecule has 3 N–H and O–H groups in total. The van der Waals surface area contributed by atoms with Gasteiger partial charge in [-0.1, -0.05) is 35.5 Å². The van der Waals surface area contributed by atoms with Gasteiger partial charge in [-0.05, 0) is 37.1 Å². The number of dihydropyridines is 1. The van der Waals surface area contributed by atoms with E-state index in [1.165, 1.54) is 12.1 Å². The molecule has 0 bridgehead atoms. The predicted octanol–water partition coefficient (Wildman–Crippen LogP) is 4.14. The molecule has 0 amide bonds. The minimum absolute atomic E-state index is 0.0647. The molecule has 0 saturated heterocycles. The van der Waals surface area contributed by atoms with Gasteiger partial charge in [-0.2, -0.15) is 5.10 Å². The standard InChI is InChI=1S/C24H23ClF2N6O2S2/c1-11-29-23-19(36-11)10-16(21(30-23)18(28)8-12-6-13(26)9-14(27)7-12)15-4-5-17(25)20-22(15)33(2)31-24(20)32-37(3,34)35/h4-7,9-10,18-19,23H,8,28H2,1-3H3,(H,31,32). The van der Waals surface area contributed by atoms with E-state index in [1.807, 2.05) is 13.0 Å². The molecule has 3 unspecified atom stereocenters. The van der Waals surface area contributed by atoms with E-state index in [4.69, 9.17) is 22.3 Å². The number of aliphatic imine (C=N–C) groups is 2. The van der Waals surface area contributed by atoms with Crippen LogP contribution in [-0.2, 0) is 23.5 Å². The second-order valence-corrected chi connectivity index (χ2v) is 12.5. The summed E-state index contributed by atoms with van der Waals surface area (Å²) in [6.07, 6.45) is 2.84. The summed E-state index contributed by atoms with van der Waals surface area (Å²) in [6.45, 7) is 1.91. The molecule has 37 heavy (non-hydrogen) atoms. The first-order chi connectivity index (χ1) is 17.4. The Morgan fingerprint density at radius 3 is 2.59 bits per heavy atom. The van der Waals surface area contributed by atoms with Crippen LogP contribution in [0.25, 0.3) is 16.5 Å². The van der Waals surface area contributed by atoms with Gasteiger partial charge in [0, 0.05) is 24.3 Å². The number of nitrogens with one attached hydrogen (secondary N) is 1. The normalized spacial score (nSPS) is 20.4. The number of nitrogens with zero attached hydrogens (tertiary/aromatic N) is 4. The largest absolute Gasteiger partial charge is 0.322 e. The number of sulfonamides is 1. The molecule has 2 aromatic carbocycles. The van der Waals surface area contributed by atoms with Crippen molar-refractivity contribution in [2.75, 3.05) is 11.0 Å². The molecular weight excluding hydrogens is 542 g/mol. The highest BCUT2D eigenvalue weighted by atomic mass is 35.5. The van der Waals surface area contributed by atoms with E-state index in [9.17, 15) is 17.2 Å². The zero-order valence-electron chi connectivity index (χ0n) is 20.0. The summed E-state index contributed by atoms with van der Waals surface area (Å²) in [5.74, 6) is -1.26. The van der Waals surface area contributed by atoms with Crippen LogP contribution in [0, 0.1) is 11.6 Å². The van der Waals surface area contributed by atoms with Gasteiger partial charge in [0.15, 0.2) is 12.0 Å². The first kappa shape index (κ1) is 25.8. The summed E-state index contributed by atoms with van der Waals surface area (Å²) in [5, 5.41) is 5.93. The lowest BCUT2D eigenvalue weighted by Gasteiger charge is -2.26. The summed E-state index contributed by atoms with van der Waals surface area (Å²) < 4.78 is 55.6. The zero-order chi connectivity index (χ0) is 26.6. The third-order valence-corrected chi connectivity index (χ3v) is 8.01. The topological polar surface area (TPSA) is 115 Å². The van der Waals surface area contributed by atoms with Crippen molar-refractivity contribution in [3.8, 4) is 0 Å². The maximum Gasteiger partial charge on any atom is 0.231 e. The average molecular weight is 565 g/mol. The molecule has 0 spiro atoms. The predicted molar refractivity (Wildman–Crippen MR) is 146 cm³/mol. The second kappa shape index (κ2) is 9.50. The van der Waals surface area contributed by atoms with Crippen LogP contribution in [0.4, 0.5) is 14.6 Å². The fraction of sp³-hybridized carbons (Fsp3) is 0.292. The lowest BCUT2D eigenvalue weighted by atomic mass is 9.89. The van der Waals surface area contributed by atoms with Crippen LogP contribution >= 0.6 is 23.4 Å². The van der Waals surface area contributed by atoms with Crippen LogP contribution in [-0.4, -0.2) is 52.7 Å². The zero-order valence-corrected chi connectivity index (χ0v) is 22.4. The molecule has 13 heteroatoms. The number of benzene rings is 2. The Labute approximate surface area is 221 Å². The summed E-state index contributed by atoms with van der Waals surface area (Å²) in [5.41, 5.74) is 9.52. The number of aryl methyl sites for hydroxylation is 1. The Hall–Kier alpha value is -2.80. The van der Waals surface area contributed by atoms with Crippen molar-refractivity contribution in [3.05, 3.63) is 64.2 Å². The van der Waals surface area contributed by atoms with Crippen molar-refractivity contribution in [1.82, 2.24) is 9.78 Å². The SMILES string of the molecule is CC1=NC2N=C(C(N)Cc3cc(F)cc(F)c3)C(c3ccc(Cl)c4c(NS(C)(=O)=O)nn(C)c34)=CC2S1. The molecule has 2 aliphatic rings. The molecule has 2 aliphatic heterocycles. The van der Waals surface area contributed by atoms with E-state index in [2.05, 4.69) is 14.8 Å². The Bertz CT molecular complexity index is 1610. The van der Waals surface area contributed by atoms with Crippen molar-refractivity contribution in [3.63, 3.8) is 0 Å². The highest BCUT2D eigenvalue weighted by molar-refractivity contribution is 8.14. The van der Waals surface area contributed by atoms with Crippen LogP contribution in [0.15, 0.2) is 46.4 Å². The molecule has 194 valence electrons. The van der Waals surface area contributed by atoms with Gasteiger partial charge in [-0.3, -0.25) is 19.4 Å². The molecule has 0 radical (unpaired) electrons. The highest BCUT2D eigenvalue weighted by Gasteiger charge is 2.35. The molecule has 0 fully saturated rings. The van der Waals surface area contributed by atoms with Crippen molar-refractivity contribution >= 4 is 66.4 Å². The number of rotatable bonds is 6. The second-order valence-electron chi connectivity index (χ2n) is 8.99. The van der Waals surface area contributed by atoms with Gasteiger partial charge in [-0.25, -0.2) is 17.2 Å². The fourth-order valence-corrected chi connectivity index (χ4v) is 6.42. The van der Waals surface area contributed by atoms with E-state index >= 15 is 0 Å². The number of nitrogens with two attached hydrogens (primary N) is 1. The van der Waals surface area contributed by atoms with Crippen LogP contribution in [0.3, 0.4) is 0 Å². The number of aromatic nitrogens is 2. The summed E-state index contributed by atoms with van der Waals surface area (Å²) in [6, 6.07) is 6.07. The Balaban J connectivity index is 1.64. The molecule has 3 atom stereocenters. The lowest BCUT2D eigenvalue weighted by molar-refractivity contribution is 0.578. The first-order valence-electron chi connectivity index (χ1n) is 11.2. The van der Waals surface area contributed by atoms with E-state index < -0.39 is 27.7 Å². The number of halogens is 3. The molecule has 1 aromatic heterocycles. The van der Waals surface area contributed by atoms with E-state index in [0.717, 1.165) is 17.4 Å². The molecule has 5 rings (SSSR count). The fourth-order valence-electron chi connectivity index (χ4n) is 4.68. The van der Waals surface area contributed by atoms with Crippen LogP contribution in [0.5, 0.6) is 0 Å². The molecule has 3 aromatic rings. The van der Waals surface area contributed by atoms with Crippen LogP contribution in [0.1, 0.15) is 18.1 Å².